The second kappa shape index (κ2) is 9.97. The van der Waals surface area contributed by atoms with E-state index in [9.17, 15) is 24.3 Å². The molecule has 0 aromatic heterocycles. The fraction of sp³-hybridized carbons (Fsp3) is 0.615. The Morgan fingerprint density at radius 3 is 2.74 bits per heavy atom. The summed E-state index contributed by atoms with van der Waals surface area (Å²) in [7, 11) is 0. The Morgan fingerprint density at radius 2 is 1.97 bits per heavy atom. The number of likely N-dealkylation sites (tertiary alicyclic amines) is 1. The molecule has 4 atom stereocenters. The minimum absolute atomic E-state index is 0.185. The van der Waals surface area contributed by atoms with Gasteiger partial charge in [0.15, 0.2) is 0 Å². The van der Waals surface area contributed by atoms with Crippen LogP contribution in [0.5, 0.6) is 5.75 Å². The average molecular weight is 484 g/mol. The van der Waals surface area contributed by atoms with Crippen molar-refractivity contribution in [2.45, 2.75) is 70.0 Å². The molecule has 5 rings (SSSR count). The normalized spacial score (nSPS) is 29.3. The van der Waals surface area contributed by atoms with E-state index in [1.807, 2.05) is 12.1 Å². The summed E-state index contributed by atoms with van der Waals surface area (Å²) in [5.41, 5.74) is 1.42. The number of carbonyl (C=O) groups excluding carboxylic acids is 3. The second-order valence-electron chi connectivity index (χ2n) is 10.4. The predicted octanol–water partition coefficient (Wildman–Crippen LogP) is 2.18. The number of ether oxygens (including phenoxy) is 1. The number of amides is 3. The van der Waals surface area contributed by atoms with E-state index >= 15 is 0 Å². The Hall–Kier alpha value is -2.94. The minimum atomic E-state index is -0.669. The maximum Gasteiger partial charge on any atom is 0.306 e. The van der Waals surface area contributed by atoms with Crippen molar-refractivity contribution < 1.29 is 29.0 Å². The van der Waals surface area contributed by atoms with Crippen molar-refractivity contribution in [2.24, 2.45) is 11.8 Å². The Labute approximate surface area is 204 Å². The Balaban J connectivity index is 1.19. The van der Waals surface area contributed by atoms with Gasteiger partial charge in [-0.05, 0) is 74.8 Å². The Kier molecular flexibility index (Phi) is 6.77. The maximum absolute atomic E-state index is 12.9. The number of aliphatic carboxylic acids is 1. The summed E-state index contributed by atoms with van der Waals surface area (Å²) in [5, 5.41) is 11.6. The van der Waals surface area contributed by atoms with Crippen molar-refractivity contribution in [3.8, 4) is 5.75 Å². The number of hydrogen-bond acceptors (Lipinski definition) is 6. The molecule has 1 aromatic rings. The number of rotatable bonds is 7. The SMILES string of the molecule is O=C1CCC(N2Cc3cc(OC[C@@H]4CCCCN4C[C@H]4CC[C@@H](C(=O)O)C4)ccc3C2=O)C(=O)N1. The zero-order valence-corrected chi connectivity index (χ0v) is 19.9. The molecule has 1 saturated carbocycles. The molecular formula is C26H33N3O6. The van der Waals surface area contributed by atoms with Crippen LogP contribution in [0.1, 0.15) is 67.3 Å². The summed E-state index contributed by atoms with van der Waals surface area (Å²) in [4.78, 5) is 51.9. The van der Waals surface area contributed by atoms with Crippen molar-refractivity contribution in [1.29, 1.82) is 0 Å². The Morgan fingerprint density at radius 1 is 1.11 bits per heavy atom. The van der Waals surface area contributed by atoms with Gasteiger partial charge in [-0.1, -0.05) is 6.42 Å². The number of hydrogen-bond donors (Lipinski definition) is 2. The number of carbonyl (C=O) groups is 4. The topological polar surface area (TPSA) is 116 Å². The largest absolute Gasteiger partial charge is 0.492 e. The fourth-order valence-corrected chi connectivity index (χ4v) is 6.12. The predicted molar refractivity (Wildman–Crippen MR) is 126 cm³/mol. The van der Waals surface area contributed by atoms with Crippen LogP contribution in [0.25, 0.3) is 0 Å². The lowest BCUT2D eigenvalue weighted by Gasteiger charge is -2.37. The highest BCUT2D eigenvalue weighted by Gasteiger charge is 2.39. The zero-order chi connectivity index (χ0) is 24.5. The number of nitrogens with one attached hydrogen (secondary N) is 1. The molecule has 9 nitrogen and oxygen atoms in total. The molecule has 0 bridgehead atoms. The van der Waals surface area contributed by atoms with E-state index in [0.717, 1.165) is 57.2 Å². The van der Waals surface area contributed by atoms with Crippen LogP contribution in [0.2, 0.25) is 0 Å². The average Bonchev–Trinajstić information content (AvgIpc) is 3.43. The number of piperidine rings is 2. The summed E-state index contributed by atoms with van der Waals surface area (Å²) < 4.78 is 6.19. The molecule has 1 aromatic carbocycles. The van der Waals surface area contributed by atoms with Gasteiger partial charge in [-0.15, -0.1) is 0 Å². The molecule has 2 saturated heterocycles. The van der Waals surface area contributed by atoms with Gasteiger partial charge in [-0.3, -0.25) is 29.4 Å². The molecule has 0 spiro atoms. The highest BCUT2D eigenvalue weighted by molar-refractivity contribution is 6.05. The number of benzene rings is 1. The van der Waals surface area contributed by atoms with Crippen LogP contribution < -0.4 is 10.1 Å². The van der Waals surface area contributed by atoms with Crippen LogP contribution in [0.15, 0.2) is 18.2 Å². The van der Waals surface area contributed by atoms with Crippen LogP contribution in [-0.2, 0) is 20.9 Å². The summed E-state index contributed by atoms with van der Waals surface area (Å²) in [6.07, 6.45) is 6.47. The fourth-order valence-electron chi connectivity index (χ4n) is 6.12. The molecule has 0 radical (unpaired) electrons. The molecule has 35 heavy (non-hydrogen) atoms. The van der Waals surface area contributed by atoms with E-state index in [4.69, 9.17) is 4.74 Å². The monoisotopic (exact) mass is 483 g/mol. The number of nitrogens with zero attached hydrogens (tertiary/aromatic N) is 2. The van der Waals surface area contributed by atoms with Gasteiger partial charge in [0.05, 0.1) is 5.92 Å². The number of carboxylic acid groups (broad SMARTS) is 1. The maximum atomic E-state index is 12.9. The molecule has 2 N–H and O–H groups in total. The van der Waals surface area contributed by atoms with E-state index in [2.05, 4.69) is 10.2 Å². The molecule has 3 fully saturated rings. The highest BCUT2D eigenvalue weighted by Crippen LogP contribution is 2.34. The number of fused-ring (bicyclic) bond motifs is 1. The van der Waals surface area contributed by atoms with Gasteiger partial charge >= 0.3 is 5.97 Å². The molecule has 9 heteroatoms. The molecule has 4 aliphatic rings. The van der Waals surface area contributed by atoms with E-state index < -0.39 is 17.9 Å². The molecule has 1 aliphatic carbocycles. The van der Waals surface area contributed by atoms with Gasteiger partial charge in [-0.2, -0.15) is 0 Å². The van der Waals surface area contributed by atoms with Crippen molar-refractivity contribution in [3.05, 3.63) is 29.3 Å². The first-order valence-electron chi connectivity index (χ1n) is 12.8. The van der Waals surface area contributed by atoms with Gasteiger partial charge in [0.25, 0.3) is 5.91 Å². The van der Waals surface area contributed by atoms with Crippen LogP contribution in [0.4, 0.5) is 0 Å². The quantitative estimate of drug-likeness (QED) is 0.571. The molecule has 1 unspecified atom stereocenters. The van der Waals surface area contributed by atoms with Crippen LogP contribution in [-0.4, -0.2) is 70.4 Å². The summed E-state index contributed by atoms with van der Waals surface area (Å²) in [6.45, 7) is 2.83. The van der Waals surface area contributed by atoms with Crippen molar-refractivity contribution in [2.75, 3.05) is 19.7 Å². The summed E-state index contributed by atoms with van der Waals surface area (Å²) in [5.74, 6) is -0.618. The number of imide groups is 1. The molecule has 3 amide bonds. The highest BCUT2D eigenvalue weighted by atomic mass is 16.5. The lowest BCUT2D eigenvalue weighted by atomic mass is 9.98. The molecule has 3 aliphatic heterocycles. The Bertz CT molecular complexity index is 1030. The smallest absolute Gasteiger partial charge is 0.306 e. The standard InChI is InChI=1S/C26H33N3O6/c30-23-9-8-22(24(31)27-23)29-14-18-12-20(6-7-21(18)25(29)32)35-15-19-3-1-2-10-28(19)13-16-4-5-17(11-16)26(33)34/h6-7,12,16-17,19,22H,1-5,8-11,13-15H2,(H,33,34)(H,27,30,31)/t16-,17+,19-,22?/m0/s1. The van der Waals surface area contributed by atoms with Crippen molar-refractivity contribution >= 4 is 23.7 Å². The summed E-state index contributed by atoms with van der Waals surface area (Å²) >= 11 is 0. The van der Waals surface area contributed by atoms with Crippen molar-refractivity contribution in [1.82, 2.24) is 15.1 Å². The van der Waals surface area contributed by atoms with E-state index in [1.54, 1.807) is 11.0 Å². The lowest BCUT2D eigenvalue weighted by Crippen LogP contribution is -2.52. The van der Waals surface area contributed by atoms with E-state index in [-0.39, 0.29) is 24.2 Å². The first kappa shape index (κ1) is 23.8. The van der Waals surface area contributed by atoms with Gasteiger partial charge in [0, 0.05) is 31.1 Å². The van der Waals surface area contributed by atoms with Crippen LogP contribution >= 0.6 is 0 Å². The van der Waals surface area contributed by atoms with Crippen molar-refractivity contribution in [3.63, 3.8) is 0 Å². The van der Waals surface area contributed by atoms with E-state index in [1.165, 1.54) is 0 Å². The van der Waals surface area contributed by atoms with Crippen LogP contribution in [0.3, 0.4) is 0 Å². The molecule has 3 heterocycles. The lowest BCUT2D eigenvalue weighted by molar-refractivity contribution is -0.141. The second-order valence-corrected chi connectivity index (χ2v) is 10.4. The third-order valence-electron chi connectivity index (χ3n) is 8.07. The first-order chi connectivity index (χ1) is 16.9. The minimum Gasteiger partial charge on any atom is -0.492 e. The van der Waals surface area contributed by atoms with Crippen LogP contribution in [0, 0.1) is 11.8 Å². The van der Waals surface area contributed by atoms with Gasteiger partial charge in [-0.25, -0.2) is 0 Å². The summed E-state index contributed by atoms with van der Waals surface area (Å²) in [6, 6.07) is 5.14. The van der Waals surface area contributed by atoms with Gasteiger partial charge in [0.2, 0.25) is 11.8 Å². The van der Waals surface area contributed by atoms with Gasteiger partial charge < -0.3 is 14.7 Å². The molecular weight excluding hydrogens is 450 g/mol. The zero-order valence-electron chi connectivity index (χ0n) is 19.9. The third kappa shape index (κ3) is 5.05. The van der Waals surface area contributed by atoms with E-state index in [0.29, 0.717) is 42.8 Å². The third-order valence-corrected chi connectivity index (χ3v) is 8.07. The van der Waals surface area contributed by atoms with Gasteiger partial charge in [0.1, 0.15) is 18.4 Å². The molecule has 188 valence electrons. The first-order valence-corrected chi connectivity index (χ1v) is 12.8. The number of carboxylic acids is 1.